The van der Waals surface area contributed by atoms with E-state index < -0.39 is 11.8 Å². The summed E-state index contributed by atoms with van der Waals surface area (Å²) < 4.78 is 20.9. The molecule has 0 amide bonds. The number of esters is 1. The standard InChI is InChI=1S/C21H21FN2O3S2/c1-3-27-17(25)11-28-21-23-19-18(13-9-8-12(2)10-16(13)29-19)20(26)24(21)15-7-5-4-6-14(15)22/h4-7,12H,3,8-11H2,1-2H3. The van der Waals surface area contributed by atoms with Crippen LogP contribution in [0.15, 0.2) is 34.2 Å². The van der Waals surface area contributed by atoms with Crippen LogP contribution in [0.3, 0.4) is 0 Å². The Kier molecular flexibility index (Phi) is 5.74. The van der Waals surface area contributed by atoms with Crippen molar-refractivity contribution in [3.05, 3.63) is 50.9 Å². The summed E-state index contributed by atoms with van der Waals surface area (Å²) in [7, 11) is 0. The number of aryl methyl sites for hydroxylation is 1. The van der Waals surface area contributed by atoms with Gasteiger partial charge < -0.3 is 4.74 Å². The average Bonchev–Trinajstić information content (AvgIpc) is 3.05. The Balaban J connectivity index is 1.90. The van der Waals surface area contributed by atoms with Crippen molar-refractivity contribution < 1.29 is 13.9 Å². The highest BCUT2D eigenvalue weighted by molar-refractivity contribution is 7.99. The smallest absolute Gasteiger partial charge is 0.316 e. The van der Waals surface area contributed by atoms with Crippen LogP contribution in [0.25, 0.3) is 15.9 Å². The highest BCUT2D eigenvalue weighted by atomic mass is 32.2. The largest absolute Gasteiger partial charge is 0.465 e. The van der Waals surface area contributed by atoms with Crippen molar-refractivity contribution in [3.8, 4) is 5.69 Å². The van der Waals surface area contributed by atoms with Crippen molar-refractivity contribution in [1.29, 1.82) is 0 Å². The molecule has 8 heteroatoms. The normalized spacial score (nSPS) is 16.0. The van der Waals surface area contributed by atoms with Crippen molar-refractivity contribution in [2.75, 3.05) is 12.4 Å². The third-order valence-corrected chi connectivity index (χ3v) is 7.08. The zero-order chi connectivity index (χ0) is 20.5. The molecule has 0 bridgehead atoms. The number of aromatic nitrogens is 2. The molecular weight excluding hydrogens is 411 g/mol. The monoisotopic (exact) mass is 432 g/mol. The van der Waals surface area contributed by atoms with E-state index in [4.69, 9.17) is 4.74 Å². The van der Waals surface area contributed by atoms with Crippen LogP contribution in [-0.2, 0) is 22.4 Å². The molecule has 1 atom stereocenters. The maximum atomic E-state index is 14.6. The van der Waals surface area contributed by atoms with Crippen LogP contribution in [-0.4, -0.2) is 27.9 Å². The summed E-state index contributed by atoms with van der Waals surface area (Å²) in [5, 5.41) is 0.882. The Hall–Kier alpha value is -2.19. The molecule has 0 saturated heterocycles. The number of hydrogen-bond acceptors (Lipinski definition) is 6. The van der Waals surface area contributed by atoms with Crippen LogP contribution in [0.4, 0.5) is 4.39 Å². The second-order valence-corrected chi connectivity index (χ2v) is 9.14. The number of nitrogens with zero attached hydrogens (tertiary/aromatic N) is 2. The predicted molar refractivity (Wildman–Crippen MR) is 114 cm³/mol. The van der Waals surface area contributed by atoms with Crippen LogP contribution >= 0.6 is 23.1 Å². The molecule has 152 valence electrons. The fourth-order valence-corrected chi connectivity index (χ4v) is 5.87. The van der Waals surface area contributed by atoms with Crippen LogP contribution < -0.4 is 5.56 Å². The summed E-state index contributed by atoms with van der Waals surface area (Å²) in [6.07, 6.45) is 2.79. The molecule has 5 nitrogen and oxygen atoms in total. The first kappa shape index (κ1) is 20.1. The SMILES string of the molecule is CCOC(=O)CSc1nc2sc3c(c2c(=O)n1-c1ccccc1F)CCC(C)C3. The molecule has 1 aliphatic carbocycles. The van der Waals surface area contributed by atoms with E-state index in [2.05, 4.69) is 11.9 Å². The zero-order valence-electron chi connectivity index (χ0n) is 16.2. The van der Waals surface area contributed by atoms with Gasteiger partial charge in [0.2, 0.25) is 0 Å². The molecule has 1 aliphatic rings. The van der Waals surface area contributed by atoms with E-state index in [0.29, 0.717) is 21.3 Å². The maximum absolute atomic E-state index is 14.6. The minimum absolute atomic E-state index is 0.00234. The zero-order valence-corrected chi connectivity index (χ0v) is 17.9. The lowest BCUT2D eigenvalue weighted by Crippen LogP contribution is -2.24. The van der Waals surface area contributed by atoms with Crippen molar-refractivity contribution in [2.24, 2.45) is 5.92 Å². The van der Waals surface area contributed by atoms with Gasteiger partial charge >= 0.3 is 5.97 Å². The van der Waals surface area contributed by atoms with Gasteiger partial charge in [-0.2, -0.15) is 0 Å². The number of ether oxygens (including phenoxy) is 1. The Labute approximate surface area is 175 Å². The van der Waals surface area contributed by atoms with Crippen molar-refractivity contribution in [3.63, 3.8) is 0 Å². The number of halogens is 1. The number of thioether (sulfide) groups is 1. The highest BCUT2D eigenvalue weighted by Crippen LogP contribution is 2.37. The number of carbonyl (C=O) groups is 1. The lowest BCUT2D eigenvalue weighted by atomic mass is 9.89. The fourth-order valence-electron chi connectivity index (χ4n) is 3.64. The molecule has 0 fully saturated rings. The topological polar surface area (TPSA) is 61.2 Å². The van der Waals surface area contributed by atoms with E-state index in [1.165, 1.54) is 26.8 Å². The van der Waals surface area contributed by atoms with Gasteiger partial charge in [0, 0.05) is 4.88 Å². The van der Waals surface area contributed by atoms with E-state index >= 15 is 0 Å². The van der Waals surface area contributed by atoms with Crippen LogP contribution in [0.2, 0.25) is 0 Å². The van der Waals surface area contributed by atoms with Crippen LogP contribution in [0, 0.1) is 11.7 Å². The summed E-state index contributed by atoms with van der Waals surface area (Å²) in [4.78, 5) is 31.9. The Morgan fingerprint density at radius 2 is 2.21 bits per heavy atom. The van der Waals surface area contributed by atoms with Gasteiger partial charge in [-0.05, 0) is 49.8 Å². The van der Waals surface area contributed by atoms with Gasteiger partial charge in [0.05, 0.1) is 23.4 Å². The molecule has 4 rings (SSSR count). The first-order valence-corrected chi connectivity index (χ1v) is 11.4. The van der Waals surface area contributed by atoms with E-state index in [1.807, 2.05) is 0 Å². The molecule has 2 heterocycles. The second-order valence-electron chi connectivity index (χ2n) is 7.11. The Bertz CT molecular complexity index is 1140. The van der Waals surface area contributed by atoms with Crippen LogP contribution in [0.5, 0.6) is 0 Å². The number of para-hydroxylation sites is 1. The van der Waals surface area contributed by atoms with E-state index in [-0.39, 0.29) is 23.6 Å². The lowest BCUT2D eigenvalue weighted by Gasteiger charge is -2.18. The van der Waals surface area contributed by atoms with E-state index in [1.54, 1.807) is 25.1 Å². The second kappa shape index (κ2) is 8.28. The van der Waals surface area contributed by atoms with Gasteiger partial charge in [0.1, 0.15) is 10.6 Å². The number of fused-ring (bicyclic) bond motifs is 3. The number of hydrogen-bond donors (Lipinski definition) is 0. The first-order valence-electron chi connectivity index (χ1n) is 9.60. The van der Waals surface area contributed by atoms with Gasteiger partial charge in [-0.1, -0.05) is 30.8 Å². The van der Waals surface area contributed by atoms with Gasteiger partial charge in [0.25, 0.3) is 5.56 Å². The molecule has 29 heavy (non-hydrogen) atoms. The van der Waals surface area contributed by atoms with Gasteiger partial charge in [-0.3, -0.25) is 14.2 Å². The molecule has 0 N–H and O–H groups in total. The third kappa shape index (κ3) is 3.83. The summed E-state index contributed by atoms with van der Waals surface area (Å²) >= 11 is 2.63. The average molecular weight is 433 g/mol. The Morgan fingerprint density at radius 1 is 1.41 bits per heavy atom. The number of thiophene rings is 1. The predicted octanol–water partition coefficient (Wildman–Crippen LogP) is 4.37. The third-order valence-electron chi connectivity index (χ3n) is 5.02. The summed E-state index contributed by atoms with van der Waals surface area (Å²) in [6.45, 7) is 4.22. The number of carbonyl (C=O) groups excluding carboxylic acids is 1. The van der Waals surface area contributed by atoms with Crippen molar-refractivity contribution >= 4 is 39.3 Å². The molecule has 0 radical (unpaired) electrons. The number of rotatable bonds is 5. The number of benzene rings is 1. The Morgan fingerprint density at radius 3 is 2.97 bits per heavy atom. The minimum atomic E-state index is -0.508. The molecular formula is C21H21FN2O3S2. The van der Waals surface area contributed by atoms with Crippen LogP contribution in [0.1, 0.15) is 30.7 Å². The summed E-state index contributed by atoms with van der Waals surface area (Å²) in [6, 6.07) is 6.13. The van der Waals surface area contributed by atoms with E-state index in [0.717, 1.165) is 36.6 Å². The van der Waals surface area contributed by atoms with Crippen molar-refractivity contribution in [2.45, 2.75) is 38.3 Å². The lowest BCUT2D eigenvalue weighted by molar-refractivity contribution is -0.139. The van der Waals surface area contributed by atoms with Gasteiger partial charge in [-0.25, -0.2) is 9.37 Å². The van der Waals surface area contributed by atoms with Gasteiger partial charge in [-0.15, -0.1) is 11.3 Å². The summed E-state index contributed by atoms with van der Waals surface area (Å²) in [5.74, 6) is -0.331. The van der Waals surface area contributed by atoms with Gasteiger partial charge in [0.15, 0.2) is 5.16 Å². The fraction of sp³-hybridized carbons (Fsp3) is 0.381. The highest BCUT2D eigenvalue weighted by Gasteiger charge is 2.26. The molecule has 0 spiro atoms. The molecule has 1 aromatic carbocycles. The van der Waals surface area contributed by atoms with Crippen molar-refractivity contribution in [1.82, 2.24) is 9.55 Å². The molecule has 2 aromatic heterocycles. The quantitative estimate of drug-likeness (QED) is 0.340. The van der Waals surface area contributed by atoms with E-state index in [9.17, 15) is 14.0 Å². The first-order chi connectivity index (χ1) is 14.0. The summed E-state index contributed by atoms with van der Waals surface area (Å²) in [5.41, 5.74) is 0.911. The molecule has 0 saturated carbocycles. The molecule has 3 aromatic rings. The molecule has 0 aliphatic heterocycles. The molecule has 1 unspecified atom stereocenters. The maximum Gasteiger partial charge on any atom is 0.316 e. The minimum Gasteiger partial charge on any atom is -0.465 e.